The van der Waals surface area contributed by atoms with Crippen molar-refractivity contribution in [1.82, 2.24) is 4.98 Å². The number of carbonyl (C=O) groups is 2. The van der Waals surface area contributed by atoms with Gasteiger partial charge in [0.2, 0.25) is 0 Å². The van der Waals surface area contributed by atoms with E-state index in [-0.39, 0.29) is 12.8 Å². The van der Waals surface area contributed by atoms with Crippen molar-refractivity contribution in [3.63, 3.8) is 0 Å². The number of amides is 1. The van der Waals surface area contributed by atoms with E-state index in [4.69, 9.17) is 9.84 Å². The molecule has 1 amide bonds. The van der Waals surface area contributed by atoms with Gasteiger partial charge in [-0.3, -0.25) is 9.59 Å². The number of hydrogen-bond acceptors (Lipinski definition) is 4. The number of aliphatic carboxylic acids is 1. The lowest BCUT2D eigenvalue weighted by molar-refractivity contribution is -0.151. The number of carbonyl (C=O) groups excluding carboxylic acids is 1. The smallest absolute Gasteiger partial charge is 0.417 e. The number of rotatable bonds is 3. The Bertz CT molecular complexity index is 655. The van der Waals surface area contributed by atoms with Gasteiger partial charge in [0, 0.05) is 6.20 Å². The van der Waals surface area contributed by atoms with Crippen LogP contribution < -0.4 is 10.9 Å². The van der Waals surface area contributed by atoms with Crippen LogP contribution in [0.2, 0.25) is 0 Å². The number of halogens is 3. The average molecular weight is 320 g/mol. The normalized spacial score (nSPS) is 21.6. The molecule has 0 bridgehead atoms. The zero-order valence-electron chi connectivity index (χ0n) is 10.9. The van der Waals surface area contributed by atoms with Crippen LogP contribution >= 0.6 is 0 Å². The summed E-state index contributed by atoms with van der Waals surface area (Å²) in [5.41, 5.74) is -2.62. The molecule has 0 saturated carbocycles. The van der Waals surface area contributed by atoms with Gasteiger partial charge in [0.05, 0.1) is 5.56 Å². The number of carboxylic acid groups (broad SMARTS) is 1. The second-order valence-electron chi connectivity index (χ2n) is 4.65. The largest absolute Gasteiger partial charge is 0.479 e. The Kier molecular flexibility index (Phi) is 4.22. The van der Waals surface area contributed by atoms with E-state index in [0.29, 0.717) is 12.3 Å². The highest BCUT2D eigenvalue weighted by atomic mass is 19.4. The Morgan fingerprint density at radius 3 is 2.50 bits per heavy atom. The van der Waals surface area contributed by atoms with E-state index in [1.807, 2.05) is 10.3 Å². The van der Waals surface area contributed by atoms with Crippen LogP contribution in [0.3, 0.4) is 0 Å². The zero-order valence-corrected chi connectivity index (χ0v) is 10.9. The minimum absolute atomic E-state index is 0.0969. The van der Waals surface area contributed by atoms with E-state index in [9.17, 15) is 27.6 Å². The lowest BCUT2D eigenvalue weighted by Gasteiger charge is -2.12. The predicted molar refractivity (Wildman–Crippen MR) is 66.2 cm³/mol. The van der Waals surface area contributed by atoms with Crippen LogP contribution in [-0.4, -0.2) is 34.2 Å². The first-order valence-corrected chi connectivity index (χ1v) is 6.17. The summed E-state index contributed by atoms with van der Waals surface area (Å²) in [7, 11) is 0. The predicted octanol–water partition coefficient (Wildman–Crippen LogP) is 0.964. The molecule has 0 unspecified atom stereocenters. The lowest BCUT2D eigenvalue weighted by atomic mass is 10.2. The van der Waals surface area contributed by atoms with Gasteiger partial charge < -0.3 is 20.1 Å². The maximum Gasteiger partial charge on any atom is 0.417 e. The summed E-state index contributed by atoms with van der Waals surface area (Å²) in [5.74, 6) is -2.10. The van der Waals surface area contributed by atoms with Crippen LogP contribution in [0.4, 0.5) is 18.9 Å². The summed E-state index contributed by atoms with van der Waals surface area (Å²) in [5, 5.41) is 10.8. The third-order valence-corrected chi connectivity index (χ3v) is 3.08. The molecular weight excluding hydrogens is 309 g/mol. The molecule has 1 aromatic rings. The van der Waals surface area contributed by atoms with Gasteiger partial charge in [-0.05, 0) is 18.9 Å². The number of pyridine rings is 1. The fraction of sp³-hybridized carbons (Fsp3) is 0.417. The molecule has 10 heteroatoms. The fourth-order valence-electron chi connectivity index (χ4n) is 1.97. The molecule has 0 aromatic carbocycles. The van der Waals surface area contributed by atoms with Crippen LogP contribution in [0.5, 0.6) is 0 Å². The second kappa shape index (κ2) is 5.79. The van der Waals surface area contributed by atoms with Gasteiger partial charge in [-0.1, -0.05) is 0 Å². The molecule has 2 rings (SSSR count). The fourth-order valence-corrected chi connectivity index (χ4v) is 1.97. The first kappa shape index (κ1) is 16.0. The van der Waals surface area contributed by atoms with Gasteiger partial charge in [0.25, 0.3) is 11.5 Å². The number of aromatic nitrogens is 1. The summed E-state index contributed by atoms with van der Waals surface area (Å²) in [4.78, 5) is 35.9. The first-order valence-electron chi connectivity index (χ1n) is 6.17. The monoisotopic (exact) mass is 320 g/mol. The highest BCUT2D eigenvalue weighted by molar-refractivity contribution is 5.94. The van der Waals surface area contributed by atoms with Crippen molar-refractivity contribution in [3.8, 4) is 0 Å². The molecule has 1 aliphatic rings. The van der Waals surface area contributed by atoms with Gasteiger partial charge in [-0.15, -0.1) is 0 Å². The molecule has 3 N–H and O–H groups in total. The second-order valence-corrected chi connectivity index (χ2v) is 4.65. The maximum absolute atomic E-state index is 12.6. The van der Waals surface area contributed by atoms with Crippen LogP contribution in [-0.2, 0) is 20.5 Å². The molecule has 2 atom stereocenters. The highest BCUT2D eigenvalue weighted by Gasteiger charge is 2.35. The van der Waals surface area contributed by atoms with E-state index >= 15 is 0 Å². The van der Waals surface area contributed by atoms with Crippen molar-refractivity contribution in [2.45, 2.75) is 31.2 Å². The minimum Gasteiger partial charge on any atom is -0.479 e. The summed E-state index contributed by atoms with van der Waals surface area (Å²) in [6.07, 6.45) is -6.26. The molecule has 0 aliphatic carbocycles. The van der Waals surface area contributed by atoms with Crippen molar-refractivity contribution in [3.05, 3.63) is 28.2 Å². The van der Waals surface area contributed by atoms with E-state index in [2.05, 4.69) is 0 Å². The number of anilines is 1. The van der Waals surface area contributed by atoms with Crippen LogP contribution in [0, 0.1) is 0 Å². The molecule has 0 radical (unpaired) electrons. The molecule has 1 fully saturated rings. The van der Waals surface area contributed by atoms with Crippen molar-refractivity contribution >= 4 is 17.6 Å². The van der Waals surface area contributed by atoms with E-state index in [1.165, 1.54) is 0 Å². The number of ether oxygens (including phenoxy) is 1. The summed E-state index contributed by atoms with van der Waals surface area (Å²) in [6.45, 7) is 0. The van der Waals surface area contributed by atoms with Gasteiger partial charge in [0.15, 0.2) is 6.10 Å². The number of nitrogens with one attached hydrogen (secondary N) is 2. The number of hydrogen-bond donors (Lipinski definition) is 3. The third-order valence-electron chi connectivity index (χ3n) is 3.08. The molecule has 7 nitrogen and oxygen atoms in total. The lowest BCUT2D eigenvalue weighted by Crippen LogP contribution is -2.32. The Morgan fingerprint density at radius 1 is 1.32 bits per heavy atom. The summed E-state index contributed by atoms with van der Waals surface area (Å²) >= 11 is 0. The summed E-state index contributed by atoms with van der Waals surface area (Å²) in [6, 6.07) is 0.500. The Balaban J connectivity index is 2.12. The number of H-pyrrole nitrogens is 1. The van der Waals surface area contributed by atoms with Crippen LogP contribution in [0.1, 0.15) is 18.4 Å². The summed E-state index contributed by atoms with van der Waals surface area (Å²) < 4.78 is 42.6. The molecule has 22 heavy (non-hydrogen) atoms. The van der Waals surface area contributed by atoms with E-state index in [1.54, 1.807) is 0 Å². The quantitative estimate of drug-likeness (QED) is 0.769. The number of alkyl halides is 3. The van der Waals surface area contributed by atoms with E-state index in [0.717, 1.165) is 0 Å². The van der Waals surface area contributed by atoms with Gasteiger partial charge in [-0.2, -0.15) is 13.2 Å². The molecule has 1 saturated heterocycles. The van der Waals surface area contributed by atoms with E-state index < -0.39 is 47.1 Å². The molecule has 2 heterocycles. The Hall–Kier alpha value is -2.36. The van der Waals surface area contributed by atoms with Gasteiger partial charge >= 0.3 is 12.1 Å². The SMILES string of the molecule is O=C(Nc1cc(C(F)(F)F)c[nH]c1=O)[C@@H]1CC[C@H](C(=O)O)O1. The van der Waals surface area contributed by atoms with Crippen LogP contribution in [0.15, 0.2) is 17.1 Å². The number of aromatic amines is 1. The topological polar surface area (TPSA) is 108 Å². The van der Waals surface area contributed by atoms with Crippen molar-refractivity contribution < 1.29 is 32.6 Å². The van der Waals surface area contributed by atoms with Gasteiger partial charge in [-0.25, -0.2) is 4.79 Å². The third kappa shape index (κ3) is 3.45. The molecule has 0 spiro atoms. The zero-order chi connectivity index (χ0) is 16.5. The first-order chi connectivity index (χ1) is 10.2. The van der Waals surface area contributed by atoms with Crippen LogP contribution in [0.25, 0.3) is 0 Å². The van der Waals surface area contributed by atoms with Crippen molar-refractivity contribution in [2.75, 3.05) is 5.32 Å². The minimum atomic E-state index is -4.68. The molecule has 1 aromatic heterocycles. The molecular formula is C12H11F3N2O5. The Labute approximate surface area is 121 Å². The highest BCUT2D eigenvalue weighted by Crippen LogP contribution is 2.29. The standard InChI is InChI=1S/C12H11F3N2O5/c13-12(14,15)5-3-6(9(18)16-4-5)17-10(19)7-1-2-8(22-7)11(20)21/h3-4,7-8H,1-2H2,(H,16,18)(H,17,19)(H,20,21)/t7-,8+/m0/s1. The molecule has 120 valence electrons. The maximum atomic E-state index is 12.6. The molecule has 1 aliphatic heterocycles. The Morgan fingerprint density at radius 2 is 1.95 bits per heavy atom. The average Bonchev–Trinajstić information content (AvgIpc) is 2.89. The van der Waals surface area contributed by atoms with Crippen molar-refractivity contribution in [1.29, 1.82) is 0 Å². The van der Waals surface area contributed by atoms with Crippen molar-refractivity contribution in [2.24, 2.45) is 0 Å². The number of carboxylic acids is 1. The van der Waals surface area contributed by atoms with Gasteiger partial charge in [0.1, 0.15) is 11.8 Å².